The van der Waals surface area contributed by atoms with Crippen LogP contribution in [-0.4, -0.2) is 41.9 Å². The Balaban J connectivity index is 2.00. The highest BCUT2D eigenvalue weighted by Gasteiger charge is 2.39. The van der Waals surface area contributed by atoms with Crippen LogP contribution < -0.4 is 4.74 Å². The normalized spacial score (nSPS) is 18.6. The molecule has 1 aliphatic heterocycles. The van der Waals surface area contributed by atoms with Crippen molar-refractivity contribution in [3.05, 3.63) is 41.2 Å². The third-order valence-corrected chi connectivity index (χ3v) is 7.94. The predicted octanol–water partition coefficient (Wildman–Crippen LogP) is 2.96. The van der Waals surface area contributed by atoms with Crippen molar-refractivity contribution in [2.75, 3.05) is 19.4 Å². The van der Waals surface area contributed by atoms with Crippen molar-refractivity contribution in [3.8, 4) is 5.75 Å². The molecule has 136 valence electrons. The summed E-state index contributed by atoms with van der Waals surface area (Å²) in [5.41, 5.74) is 2.22. The highest BCUT2D eigenvalue weighted by atomic mass is 32.2. The number of hydrogen-bond acceptors (Lipinski definition) is 5. The Morgan fingerprint density at radius 3 is 2.52 bits per heavy atom. The average Bonchev–Trinajstić information content (AvgIpc) is 3.20. The largest absolute Gasteiger partial charge is 0.497 e. The van der Waals surface area contributed by atoms with Crippen LogP contribution >= 0.6 is 11.8 Å². The second kappa shape index (κ2) is 7.01. The maximum absolute atomic E-state index is 13.3. The van der Waals surface area contributed by atoms with Crippen LogP contribution in [0.4, 0.5) is 0 Å². The van der Waals surface area contributed by atoms with Gasteiger partial charge in [0, 0.05) is 18.8 Å². The molecule has 1 aromatic carbocycles. The Kier molecular flexibility index (Phi) is 5.13. The summed E-state index contributed by atoms with van der Waals surface area (Å²) in [6, 6.07) is 7.59. The molecule has 6 nitrogen and oxygen atoms in total. The van der Waals surface area contributed by atoms with Gasteiger partial charge in [-0.2, -0.15) is 9.40 Å². The maximum atomic E-state index is 13.3. The van der Waals surface area contributed by atoms with E-state index >= 15 is 0 Å². The van der Waals surface area contributed by atoms with Crippen molar-refractivity contribution in [2.45, 2.75) is 37.6 Å². The average molecular weight is 382 g/mol. The number of methoxy groups -OCH3 is 1. The van der Waals surface area contributed by atoms with Crippen molar-refractivity contribution < 1.29 is 13.2 Å². The second-order valence-electron chi connectivity index (χ2n) is 5.93. The summed E-state index contributed by atoms with van der Waals surface area (Å²) in [5.74, 6) is 1.53. The summed E-state index contributed by atoms with van der Waals surface area (Å²) >= 11 is 1.64. The molecule has 3 rings (SSSR count). The van der Waals surface area contributed by atoms with Crippen LogP contribution in [0.1, 0.15) is 29.2 Å². The summed E-state index contributed by atoms with van der Waals surface area (Å²) in [4.78, 5) is 0.343. The number of ether oxygens (including phenoxy) is 1. The van der Waals surface area contributed by atoms with E-state index in [9.17, 15) is 8.42 Å². The van der Waals surface area contributed by atoms with Crippen LogP contribution in [-0.2, 0) is 16.6 Å². The van der Waals surface area contributed by atoms with E-state index in [2.05, 4.69) is 5.10 Å². The smallest absolute Gasteiger partial charge is 0.248 e. The zero-order valence-corrected chi connectivity index (χ0v) is 16.5. The molecule has 1 aromatic heterocycles. The molecule has 0 amide bonds. The Morgan fingerprint density at radius 1 is 1.28 bits per heavy atom. The molecule has 0 radical (unpaired) electrons. The van der Waals surface area contributed by atoms with Gasteiger partial charge >= 0.3 is 0 Å². The van der Waals surface area contributed by atoms with Crippen molar-refractivity contribution in [1.29, 1.82) is 0 Å². The van der Waals surface area contributed by atoms with Crippen LogP contribution in [0.5, 0.6) is 5.75 Å². The molecule has 0 N–H and O–H groups in total. The van der Waals surface area contributed by atoms with Crippen molar-refractivity contribution in [1.82, 2.24) is 14.1 Å². The fourth-order valence-electron chi connectivity index (χ4n) is 3.21. The molecule has 1 saturated heterocycles. The molecule has 0 spiro atoms. The number of sulfonamides is 1. The molecule has 1 atom stereocenters. The highest BCUT2D eigenvalue weighted by molar-refractivity contribution is 8.01. The fraction of sp³-hybridized carbons (Fsp3) is 0.471. The van der Waals surface area contributed by atoms with Gasteiger partial charge in [0.1, 0.15) is 10.6 Å². The van der Waals surface area contributed by atoms with Crippen molar-refractivity contribution in [3.63, 3.8) is 0 Å². The van der Waals surface area contributed by atoms with Gasteiger partial charge in [-0.1, -0.05) is 12.1 Å². The number of aromatic nitrogens is 2. The number of rotatable bonds is 5. The predicted molar refractivity (Wildman–Crippen MR) is 99.5 cm³/mol. The first kappa shape index (κ1) is 18.3. The number of benzene rings is 1. The maximum Gasteiger partial charge on any atom is 0.248 e. The molecule has 25 heavy (non-hydrogen) atoms. The van der Waals surface area contributed by atoms with Crippen LogP contribution in [0.15, 0.2) is 29.2 Å². The Morgan fingerprint density at radius 2 is 1.96 bits per heavy atom. The van der Waals surface area contributed by atoms with E-state index in [0.29, 0.717) is 29.4 Å². The van der Waals surface area contributed by atoms with Crippen molar-refractivity contribution in [2.24, 2.45) is 0 Å². The zero-order chi connectivity index (χ0) is 18.2. The Hall–Kier alpha value is -1.51. The third kappa shape index (κ3) is 3.18. The molecule has 0 saturated carbocycles. The van der Waals surface area contributed by atoms with Gasteiger partial charge in [0.05, 0.1) is 23.9 Å². The molecular formula is C17H23N3O3S2. The first-order valence-corrected chi connectivity index (χ1v) is 10.7. The van der Waals surface area contributed by atoms with Crippen molar-refractivity contribution >= 4 is 21.8 Å². The number of hydrogen-bond donors (Lipinski definition) is 0. The quantitative estimate of drug-likeness (QED) is 0.797. The number of thioether (sulfide) groups is 1. The SMILES string of the molecule is CCn1nc(C)c(S(=O)(=O)N2CCSC2c2ccc(OC)cc2)c1C. The molecule has 2 heterocycles. The first-order chi connectivity index (χ1) is 11.9. The van der Waals surface area contributed by atoms with E-state index in [-0.39, 0.29) is 5.37 Å². The van der Waals surface area contributed by atoms with Crippen LogP contribution in [0.3, 0.4) is 0 Å². The zero-order valence-electron chi connectivity index (χ0n) is 14.9. The van der Waals surface area contributed by atoms with Gasteiger partial charge in [-0.05, 0) is 38.5 Å². The Bertz CT molecular complexity index is 860. The summed E-state index contributed by atoms with van der Waals surface area (Å²) in [7, 11) is -1.99. The van der Waals surface area contributed by atoms with E-state index in [1.165, 1.54) is 0 Å². The molecular weight excluding hydrogens is 358 g/mol. The molecule has 1 aliphatic rings. The second-order valence-corrected chi connectivity index (χ2v) is 8.94. The Labute approximate surface area is 153 Å². The van der Waals surface area contributed by atoms with Gasteiger partial charge in [0.2, 0.25) is 10.0 Å². The van der Waals surface area contributed by atoms with Crippen LogP contribution in [0.2, 0.25) is 0 Å². The van der Waals surface area contributed by atoms with E-state index in [1.807, 2.05) is 38.1 Å². The van der Waals surface area contributed by atoms with Gasteiger partial charge in [0.15, 0.2) is 0 Å². The topological polar surface area (TPSA) is 64.4 Å². The van der Waals surface area contributed by atoms with E-state index in [4.69, 9.17) is 4.74 Å². The van der Waals surface area contributed by atoms with E-state index in [0.717, 1.165) is 17.1 Å². The van der Waals surface area contributed by atoms with Gasteiger partial charge in [-0.15, -0.1) is 11.8 Å². The third-order valence-electron chi connectivity index (χ3n) is 4.43. The lowest BCUT2D eigenvalue weighted by Crippen LogP contribution is -2.31. The van der Waals surface area contributed by atoms with Gasteiger partial charge in [0.25, 0.3) is 0 Å². The van der Waals surface area contributed by atoms with Gasteiger partial charge in [-0.3, -0.25) is 4.68 Å². The minimum absolute atomic E-state index is 0.223. The standard InChI is InChI=1S/C17H23N3O3S2/c1-5-19-13(3)16(12(2)18-19)25(21,22)20-10-11-24-17(20)14-6-8-15(23-4)9-7-14/h6-9,17H,5,10-11H2,1-4H3. The summed E-state index contributed by atoms with van der Waals surface area (Å²) in [6.45, 7) is 6.69. The fourth-order valence-corrected chi connectivity index (χ4v) is 6.83. The van der Waals surface area contributed by atoms with Crippen LogP contribution in [0, 0.1) is 13.8 Å². The number of aryl methyl sites for hydroxylation is 2. The minimum Gasteiger partial charge on any atom is -0.497 e. The van der Waals surface area contributed by atoms with Crippen LogP contribution in [0.25, 0.3) is 0 Å². The molecule has 1 fully saturated rings. The van der Waals surface area contributed by atoms with E-state index < -0.39 is 10.0 Å². The lowest BCUT2D eigenvalue weighted by atomic mass is 10.2. The lowest BCUT2D eigenvalue weighted by molar-refractivity contribution is 0.413. The molecule has 8 heteroatoms. The summed E-state index contributed by atoms with van der Waals surface area (Å²) in [5, 5.41) is 4.15. The minimum atomic E-state index is -3.60. The molecule has 1 unspecified atom stereocenters. The van der Waals surface area contributed by atoms with Gasteiger partial charge in [-0.25, -0.2) is 8.42 Å². The monoisotopic (exact) mass is 381 g/mol. The molecule has 0 aliphatic carbocycles. The lowest BCUT2D eigenvalue weighted by Gasteiger charge is -2.24. The first-order valence-electron chi connectivity index (χ1n) is 8.21. The van der Waals surface area contributed by atoms with Gasteiger partial charge < -0.3 is 4.74 Å². The number of nitrogens with zero attached hydrogens (tertiary/aromatic N) is 3. The molecule has 0 bridgehead atoms. The highest BCUT2D eigenvalue weighted by Crippen LogP contribution is 2.42. The summed E-state index contributed by atoms with van der Waals surface area (Å²) in [6.07, 6.45) is 0. The van der Waals surface area contributed by atoms with E-state index in [1.54, 1.807) is 34.8 Å². The summed E-state index contributed by atoms with van der Waals surface area (Å²) < 4.78 is 35.2. The molecule has 2 aromatic rings.